The second-order valence-electron chi connectivity index (χ2n) is 5.47. The Hall–Kier alpha value is -2.76. The summed E-state index contributed by atoms with van der Waals surface area (Å²) in [5.74, 6) is 0.324. The molecule has 0 bridgehead atoms. The zero-order valence-electron chi connectivity index (χ0n) is 12.9. The summed E-state index contributed by atoms with van der Waals surface area (Å²) in [4.78, 5) is 34.8. The summed E-state index contributed by atoms with van der Waals surface area (Å²) in [6.07, 6.45) is 1.83. The minimum atomic E-state index is -0.290. The van der Waals surface area contributed by atoms with Crippen LogP contribution >= 0.6 is 0 Å². The smallest absolute Gasteiger partial charge is 0.273 e. The number of hydrogen-bond acceptors (Lipinski definition) is 4. The van der Waals surface area contributed by atoms with E-state index < -0.39 is 0 Å². The van der Waals surface area contributed by atoms with Gasteiger partial charge >= 0.3 is 0 Å². The van der Waals surface area contributed by atoms with Crippen molar-refractivity contribution in [1.29, 1.82) is 0 Å². The normalized spacial score (nSPS) is 18.2. The van der Waals surface area contributed by atoms with E-state index >= 15 is 0 Å². The number of carbonyl (C=O) groups excluding carboxylic acids is 2. The van der Waals surface area contributed by atoms with Gasteiger partial charge in [-0.1, -0.05) is 30.3 Å². The number of benzene rings is 1. The van der Waals surface area contributed by atoms with Gasteiger partial charge in [0.1, 0.15) is 11.5 Å². The quantitative estimate of drug-likeness (QED) is 0.912. The molecule has 1 atom stereocenters. The van der Waals surface area contributed by atoms with Gasteiger partial charge < -0.3 is 10.2 Å². The molecule has 2 aromatic rings. The molecule has 0 unspecified atom stereocenters. The lowest BCUT2D eigenvalue weighted by atomic mass is 10.0. The van der Waals surface area contributed by atoms with Crippen molar-refractivity contribution >= 4 is 11.8 Å². The molecule has 0 aliphatic carbocycles. The van der Waals surface area contributed by atoms with Crippen LogP contribution < -0.4 is 5.32 Å². The summed E-state index contributed by atoms with van der Waals surface area (Å²) in [7, 11) is 0. The summed E-state index contributed by atoms with van der Waals surface area (Å²) in [5.41, 5.74) is 1.30. The van der Waals surface area contributed by atoms with E-state index in [0.29, 0.717) is 24.6 Å². The number of aromatic nitrogens is 2. The molecule has 1 aromatic heterocycles. The van der Waals surface area contributed by atoms with Crippen LogP contribution in [0, 0.1) is 6.92 Å². The number of rotatable bonds is 2. The first-order chi connectivity index (χ1) is 11.1. The lowest BCUT2D eigenvalue weighted by Gasteiger charge is -2.29. The number of carbonyl (C=O) groups is 2. The minimum Gasteiger partial charge on any atom is -0.354 e. The molecule has 3 rings (SSSR count). The van der Waals surface area contributed by atoms with Crippen molar-refractivity contribution in [1.82, 2.24) is 20.2 Å². The van der Waals surface area contributed by atoms with E-state index in [1.165, 1.54) is 0 Å². The van der Waals surface area contributed by atoms with Crippen LogP contribution in [0.3, 0.4) is 0 Å². The Kier molecular flexibility index (Phi) is 4.32. The third-order valence-corrected chi connectivity index (χ3v) is 3.87. The SMILES string of the molecule is Cc1nccc(C(=O)N2CCNC(=O)C[C@@H]2c2ccccc2)n1. The van der Waals surface area contributed by atoms with Crippen LogP contribution in [0.1, 0.15) is 34.3 Å². The van der Waals surface area contributed by atoms with Gasteiger partial charge in [-0.05, 0) is 18.6 Å². The largest absolute Gasteiger partial charge is 0.354 e. The number of nitrogens with zero attached hydrogens (tertiary/aromatic N) is 3. The van der Waals surface area contributed by atoms with Crippen molar-refractivity contribution in [3.63, 3.8) is 0 Å². The molecule has 1 aliphatic rings. The highest BCUT2D eigenvalue weighted by Gasteiger charge is 2.30. The summed E-state index contributed by atoms with van der Waals surface area (Å²) < 4.78 is 0. The average Bonchev–Trinajstić information content (AvgIpc) is 2.76. The molecule has 2 amide bonds. The van der Waals surface area contributed by atoms with Gasteiger partial charge in [0.15, 0.2) is 0 Å². The van der Waals surface area contributed by atoms with E-state index in [0.717, 1.165) is 5.56 Å². The number of nitrogens with one attached hydrogen (secondary N) is 1. The molecule has 0 saturated carbocycles. The molecule has 0 radical (unpaired) electrons. The second kappa shape index (κ2) is 6.56. The lowest BCUT2D eigenvalue weighted by molar-refractivity contribution is -0.121. The Bertz CT molecular complexity index is 718. The highest BCUT2D eigenvalue weighted by molar-refractivity contribution is 5.93. The van der Waals surface area contributed by atoms with Crippen molar-refractivity contribution in [2.75, 3.05) is 13.1 Å². The third-order valence-electron chi connectivity index (χ3n) is 3.87. The van der Waals surface area contributed by atoms with E-state index in [1.54, 1.807) is 24.1 Å². The Balaban J connectivity index is 1.96. The van der Waals surface area contributed by atoms with Gasteiger partial charge in [0.05, 0.1) is 12.5 Å². The molecule has 1 aliphatic heterocycles. The summed E-state index contributed by atoms with van der Waals surface area (Å²) in [6, 6.07) is 10.9. The standard InChI is InChI=1S/C17H18N4O2/c1-12-18-8-7-14(20-12)17(23)21-10-9-19-16(22)11-15(21)13-5-3-2-4-6-13/h2-8,15H,9-11H2,1H3,(H,19,22)/t15-/m1/s1. The van der Waals surface area contributed by atoms with Crippen LogP contribution in [-0.2, 0) is 4.79 Å². The molecule has 1 fully saturated rings. The molecule has 1 saturated heterocycles. The van der Waals surface area contributed by atoms with Gasteiger partial charge in [-0.15, -0.1) is 0 Å². The maximum Gasteiger partial charge on any atom is 0.273 e. The maximum atomic E-state index is 12.9. The first-order valence-corrected chi connectivity index (χ1v) is 7.57. The van der Waals surface area contributed by atoms with E-state index in [4.69, 9.17) is 0 Å². The fraction of sp³-hybridized carbons (Fsp3) is 0.294. The first kappa shape index (κ1) is 15.1. The van der Waals surface area contributed by atoms with Crippen molar-refractivity contribution in [3.05, 3.63) is 59.7 Å². The van der Waals surface area contributed by atoms with Crippen LogP contribution in [0.2, 0.25) is 0 Å². The van der Waals surface area contributed by atoms with Crippen molar-refractivity contribution < 1.29 is 9.59 Å². The minimum absolute atomic E-state index is 0.0481. The average molecular weight is 310 g/mol. The van der Waals surface area contributed by atoms with Gasteiger partial charge in [0.2, 0.25) is 5.91 Å². The summed E-state index contributed by atoms with van der Waals surface area (Å²) >= 11 is 0. The Morgan fingerprint density at radius 2 is 2.04 bits per heavy atom. The Morgan fingerprint density at radius 1 is 1.26 bits per heavy atom. The molecule has 6 nitrogen and oxygen atoms in total. The van der Waals surface area contributed by atoms with Crippen molar-refractivity contribution in [2.24, 2.45) is 0 Å². The van der Waals surface area contributed by atoms with Crippen molar-refractivity contribution in [2.45, 2.75) is 19.4 Å². The van der Waals surface area contributed by atoms with Crippen LogP contribution in [0.4, 0.5) is 0 Å². The fourth-order valence-electron chi connectivity index (χ4n) is 2.77. The summed E-state index contributed by atoms with van der Waals surface area (Å²) in [6.45, 7) is 2.64. The fourth-order valence-corrected chi connectivity index (χ4v) is 2.77. The molecule has 2 heterocycles. The second-order valence-corrected chi connectivity index (χ2v) is 5.47. The van der Waals surface area contributed by atoms with Crippen LogP contribution in [-0.4, -0.2) is 39.8 Å². The van der Waals surface area contributed by atoms with Gasteiger partial charge in [0, 0.05) is 19.3 Å². The predicted molar refractivity (Wildman–Crippen MR) is 84.6 cm³/mol. The zero-order chi connectivity index (χ0) is 16.2. The van der Waals surface area contributed by atoms with Crippen LogP contribution in [0.5, 0.6) is 0 Å². The van der Waals surface area contributed by atoms with E-state index in [9.17, 15) is 9.59 Å². The highest BCUT2D eigenvalue weighted by atomic mass is 16.2. The van der Waals surface area contributed by atoms with Crippen LogP contribution in [0.15, 0.2) is 42.6 Å². The molecule has 6 heteroatoms. The van der Waals surface area contributed by atoms with Gasteiger partial charge in [0.25, 0.3) is 5.91 Å². The third kappa shape index (κ3) is 3.36. The zero-order valence-corrected chi connectivity index (χ0v) is 12.9. The molecule has 23 heavy (non-hydrogen) atoms. The predicted octanol–water partition coefficient (Wildman–Crippen LogP) is 1.49. The molecular weight excluding hydrogens is 292 g/mol. The van der Waals surface area contributed by atoms with Crippen LogP contribution in [0.25, 0.3) is 0 Å². The first-order valence-electron chi connectivity index (χ1n) is 7.57. The topological polar surface area (TPSA) is 75.2 Å². The lowest BCUT2D eigenvalue weighted by Crippen LogP contribution is -2.37. The van der Waals surface area contributed by atoms with Gasteiger partial charge in [-0.2, -0.15) is 0 Å². The monoisotopic (exact) mass is 310 g/mol. The molecule has 118 valence electrons. The van der Waals surface area contributed by atoms with Gasteiger partial charge in [-0.25, -0.2) is 9.97 Å². The molecule has 1 aromatic carbocycles. The van der Waals surface area contributed by atoms with Crippen molar-refractivity contribution in [3.8, 4) is 0 Å². The van der Waals surface area contributed by atoms with E-state index in [1.807, 2.05) is 30.3 Å². The van der Waals surface area contributed by atoms with E-state index in [-0.39, 0.29) is 24.3 Å². The number of hydrogen-bond donors (Lipinski definition) is 1. The Labute approximate surface area is 134 Å². The molecule has 1 N–H and O–H groups in total. The summed E-state index contributed by atoms with van der Waals surface area (Å²) in [5, 5.41) is 2.83. The molecular formula is C17H18N4O2. The number of aryl methyl sites for hydroxylation is 1. The highest BCUT2D eigenvalue weighted by Crippen LogP contribution is 2.26. The van der Waals surface area contributed by atoms with Gasteiger partial charge in [-0.3, -0.25) is 9.59 Å². The Morgan fingerprint density at radius 3 is 2.78 bits per heavy atom. The number of amides is 2. The molecule has 0 spiro atoms. The maximum absolute atomic E-state index is 12.9. The van der Waals surface area contributed by atoms with E-state index in [2.05, 4.69) is 15.3 Å².